The second-order valence-electron chi connectivity index (χ2n) is 10.7. The Labute approximate surface area is 250 Å². The molecule has 0 saturated heterocycles. The molecule has 0 spiro atoms. The number of amides is 2. The van der Waals surface area contributed by atoms with Gasteiger partial charge in [-0.2, -0.15) is 0 Å². The van der Waals surface area contributed by atoms with E-state index in [4.69, 9.17) is 15.2 Å². The number of hydrogen-bond acceptors (Lipinski definition) is 7. The summed E-state index contributed by atoms with van der Waals surface area (Å²) in [5.41, 5.74) is 8.00. The van der Waals surface area contributed by atoms with Crippen LogP contribution in [0.4, 0.5) is 4.79 Å². The third-order valence-corrected chi connectivity index (χ3v) is 6.36. The Bertz CT molecular complexity index is 1090. The van der Waals surface area contributed by atoms with Gasteiger partial charge in [0, 0.05) is 30.7 Å². The molecule has 1 aliphatic rings. The van der Waals surface area contributed by atoms with Gasteiger partial charge in [-0.25, -0.2) is 9.59 Å². The van der Waals surface area contributed by atoms with Crippen LogP contribution in [0.25, 0.3) is 0 Å². The number of carbonyl (C=O) groups excluding carboxylic acids is 3. The smallest absolute Gasteiger partial charge is 0.404 e. The Morgan fingerprint density at radius 3 is 2.55 bits per heavy atom. The van der Waals surface area contributed by atoms with Crippen molar-refractivity contribution in [3.05, 3.63) is 83.7 Å². The fraction of sp³-hybridized carbons (Fsp3) is 0.485. The molecule has 0 saturated carbocycles. The SMILES string of the molecule is CC(C)=CC(=O)N/C=C/C(C)=C/C(C)C1C/C(C)=C/C=C/CCCC(OC(N)=O)C(O)C(O)/C=C/CCC=CC(=O)O1. The van der Waals surface area contributed by atoms with Crippen molar-refractivity contribution < 1.29 is 34.1 Å². The molecule has 0 aromatic heterocycles. The van der Waals surface area contributed by atoms with Crippen molar-refractivity contribution in [1.82, 2.24) is 5.32 Å². The van der Waals surface area contributed by atoms with Crippen molar-refractivity contribution in [2.45, 2.75) is 97.6 Å². The lowest BCUT2D eigenvalue weighted by atomic mass is 9.95. The Kier molecular flexibility index (Phi) is 17.5. The summed E-state index contributed by atoms with van der Waals surface area (Å²) in [7, 11) is 0. The second kappa shape index (κ2) is 20.2. The van der Waals surface area contributed by atoms with Crippen molar-refractivity contribution in [2.24, 2.45) is 11.7 Å². The minimum atomic E-state index is -1.32. The van der Waals surface area contributed by atoms with Crippen molar-refractivity contribution in [1.29, 1.82) is 0 Å². The molecular formula is C33H48N2O7. The number of hydrogen-bond donors (Lipinski definition) is 4. The van der Waals surface area contributed by atoms with Crippen molar-refractivity contribution >= 4 is 18.0 Å². The first-order chi connectivity index (χ1) is 19.9. The molecule has 1 aliphatic heterocycles. The lowest BCUT2D eigenvalue weighted by Gasteiger charge is -2.24. The first-order valence-electron chi connectivity index (χ1n) is 14.4. The van der Waals surface area contributed by atoms with E-state index < -0.39 is 36.5 Å². The van der Waals surface area contributed by atoms with Crippen LogP contribution in [0, 0.1) is 5.92 Å². The second-order valence-corrected chi connectivity index (χ2v) is 10.7. The van der Waals surface area contributed by atoms with Gasteiger partial charge in [-0.05, 0) is 65.9 Å². The lowest BCUT2D eigenvalue weighted by Crippen LogP contribution is -2.40. The van der Waals surface area contributed by atoms with Crippen LogP contribution in [0.2, 0.25) is 0 Å². The number of cyclic esters (lactones) is 1. The molecule has 1 heterocycles. The normalized spacial score (nSPS) is 27.1. The van der Waals surface area contributed by atoms with Crippen LogP contribution in [0.3, 0.4) is 0 Å². The molecule has 42 heavy (non-hydrogen) atoms. The van der Waals surface area contributed by atoms with Gasteiger partial charge in [-0.1, -0.05) is 66.2 Å². The Morgan fingerprint density at radius 2 is 1.86 bits per heavy atom. The van der Waals surface area contributed by atoms with E-state index >= 15 is 0 Å². The number of rotatable bonds is 6. The van der Waals surface area contributed by atoms with Gasteiger partial charge in [0.25, 0.3) is 0 Å². The molecule has 0 bridgehead atoms. The Hall–Kier alpha value is -3.69. The number of nitrogens with one attached hydrogen (secondary N) is 1. The number of carbonyl (C=O) groups is 3. The molecular weight excluding hydrogens is 536 g/mol. The van der Waals surface area contributed by atoms with Crippen LogP contribution in [-0.2, 0) is 19.1 Å². The highest BCUT2D eigenvalue weighted by Crippen LogP contribution is 2.21. The molecule has 2 amide bonds. The van der Waals surface area contributed by atoms with E-state index in [1.165, 1.54) is 18.2 Å². The molecule has 0 aromatic carbocycles. The monoisotopic (exact) mass is 584 g/mol. The van der Waals surface area contributed by atoms with E-state index in [2.05, 4.69) is 5.32 Å². The predicted molar refractivity (Wildman–Crippen MR) is 165 cm³/mol. The Balaban J connectivity index is 3.06. The first-order valence-corrected chi connectivity index (χ1v) is 14.4. The van der Waals surface area contributed by atoms with Crippen LogP contribution >= 0.6 is 0 Å². The molecule has 0 aliphatic carbocycles. The number of nitrogens with two attached hydrogens (primary N) is 1. The van der Waals surface area contributed by atoms with E-state index in [9.17, 15) is 24.6 Å². The van der Waals surface area contributed by atoms with Gasteiger partial charge in [0.15, 0.2) is 0 Å². The molecule has 5 unspecified atom stereocenters. The van der Waals surface area contributed by atoms with E-state index in [0.717, 1.165) is 16.7 Å². The van der Waals surface area contributed by atoms with Crippen molar-refractivity contribution in [3.8, 4) is 0 Å². The van der Waals surface area contributed by atoms with Crippen molar-refractivity contribution in [2.75, 3.05) is 0 Å². The van der Waals surface area contributed by atoms with Gasteiger partial charge in [0.2, 0.25) is 5.91 Å². The largest absolute Gasteiger partial charge is 0.458 e. The molecule has 0 radical (unpaired) electrons. The number of allylic oxidation sites excluding steroid dienone is 8. The molecule has 232 valence electrons. The first kappa shape index (κ1) is 36.3. The number of aliphatic hydroxyl groups excluding tert-OH is 2. The summed E-state index contributed by atoms with van der Waals surface area (Å²) in [5, 5.41) is 23.5. The van der Waals surface area contributed by atoms with E-state index in [1.807, 2.05) is 58.9 Å². The fourth-order valence-corrected chi connectivity index (χ4v) is 4.20. The quantitative estimate of drug-likeness (QED) is 0.145. The maximum Gasteiger partial charge on any atom is 0.404 e. The fourth-order valence-electron chi connectivity index (χ4n) is 4.20. The standard InChI is InChI=1S/C33H48N2O7/c1-23(2)20-30(37)35-19-18-25(4)21-26(5)29-22-24(3)14-10-6-8-12-16-28(42-33(34)40)32(39)27(36)15-11-7-9-13-17-31(38)41-29/h6,10-11,13-15,17-21,26-29,32,36,39H,7-9,12,16,22H2,1-5H3,(H2,34,40)(H,35,37)/b10-6+,15-11+,17-13?,19-18+,24-14+,25-21+. The van der Waals surface area contributed by atoms with Gasteiger partial charge in [0.05, 0.1) is 0 Å². The molecule has 5 N–H and O–H groups in total. The third-order valence-electron chi connectivity index (χ3n) is 6.36. The number of ether oxygens (including phenoxy) is 2. The summed E-state index contributed by atoms with van der Waals surface area (Å²) >= 11 is 0. The van der Waals surface area contributed by atoms with E-state index in [-0.39, 0.29) is 11.8 Å². The highest BCUT2D eigenvalue weighted by Gasteiger charge is 2.27. The highest BCUT2D eigenvalue weighted by atomic mass is 16.6. The zero-order chi connectivity index (χ0) is 31.5. The van der Waals surface area contributed by atoms with Crippen LogP contribution in [0.5, 0.6) is 0 Å². The third kappa shape index (κ3) is 16.5. The molecule has 9 heteroatoms. The lowest BCUT2D eigenvalue weighted by molar-refractivity contribution is -0.144. The van der Waals surface area contributed by atoms with Crippen LogP contribution < -0.4 is 11.1 Å². The van der Waals surface area contributed by atoms with Gasteiger partial charge in [0.1, 0.15) is 24.4 Å². The summed E-state index contributed by atoms with van der Waals surface area (Å²) in [6.45, 7) is 9.58. The van der Waals surface area contributed by atoms with Gasteiger partial charge in [-0.3, -0.25) is 4.79 Å². The summed E-state index contributed by atoms with van der Waals surface area (Å²) in [6.07, 6.45) is 17.2. The van der Waals surface area contributed by atoms with Gasteiger partial charge in [-0.15, -0.1) is 0 Å². The van der Waals surface area contributed by atoms with Gasteiger partial charge >= 0.3 is 12.1 Å². The Morgan fingerprint density at radius 1 is 1.14 bits per heavy atom. The van der Waals surface area contributed by atoms with Crippen molar-refractivity contribution in [3.63, 3.8) is 0 Å². The highest BCUT2D eigenvalue weighted by molar-refractivity contribution is 5.88. The average Bonchev–Trinajstić information content (AvgIpc) is 2.89. The minimum Gasteiger partial charge on any atom is -0.458 e. The van der Waals surface area contributed by atoms with E-state index in [0.29, 0.717) is 38.5 Å². The summed E-state index contributed by atoms with van der Waals surface area (Å²) in [4.78, 5) is 35.8. The molecule has 9 nitrogen and oxygen atoms in total. The van der Waals surface area contributed by atoms with Gasteiger partial charge < -0.3 is 30.7 Å². The molecule has 0 fully saturated rings. The van der Waals surface area contributed by atoms with E-state index in [1.54, 1.807) is 24.4 Å². The summed E-state index contributed by atoms with van der Waals surface area (Å²) < 4.78 is 10.9. The molecule has 1 rings (SSSR count). The van der Waals surface area contributed by atoms with Crippen LogP contribution in [0.1, 0.15) is 73.1 Å². The zero-order valence-corrected chi connectivity index (χ0v) is 25.5. The average molecular weight is 585 g/mol. The number of esters is 1. The topological polar surface area (TPSA) is 148 Å². The summed E-state index contributed by atoms with van der Waals surface area (Å²) in [5.74, 6) is -0.755. The number of aliphatic hydroxyl groups is 2. The number of primary amides is 1. The molecule has 5 atom stereocenters. The van der Waals surface area contributed by atoms with Crippen LogP contribution in [0.15, 0.2) is 83.7 Å². The maximum absolute atomic E-state index is 12.6. The summed E-state index contributed by atoms with van der Waals surface area (Å²) in [6, 6.07) is 0. The zero-order valence-electron chi connectivity index (χ0n) is 25.5. The molecule has 0 aromatic rings. The minimum absolute atomic E-state index is 0.108. The van der Waals surface area contributed by atoms with Crippen LogP contribution in [-0.4, -0.2) is 52.6 Å². The maximum atomic E-state index is 12.6. The predicted octanol–water partition coefficient (Wildman–Crippen LogP) is 5.23.